The third-order valence-electron chi connectivity index (χ3n) is 3.26. The molecule has 0 atom stereocenters. The Labute approximate surface area is 97.3 Å². The van der Waals surface area contributed by atoms with Crippen molar-refractivity contribution >= 4 is 5.97 Å². The average molecular weight is 224 g/mol. The number of likely N-dealkylation sites (tertiary alicyclic amines) is 1. The third-order valence-corrected chi connectivity index (χ3v) is 3.26. The Balaban J connectivity index is 2.67. The Kier molecular flexibility index (Phi) is 4.78. The van der Waals surface area contributed by atoms with E-state index in [1.165, 1.54) is 7.11 Å². The van der Waals surface area contributed by atoms with Crippen molar-refractivity contribution in [3.05, 3.63) is 0 Å². The quantitative estimate of drug-likeness (QED) is 0.548. The molecule has 16 heavy (non-hydrogen) atoms. The maximum Gasteiger partial charge on any atom is 0.326 e. The second kappa shape index (κ2) is 5.88. The van der Waals surface area contributed by atoms with E-state index in [1.54, 1.807) is 0 Å². The fraction of sp³-hybridized carbons (Fsp3) is 0.750. The molecule has 0 aromatic carbocycles. The molecule has 0 saturated carbocycles. The van der Waals surface area contributed by atoms with Gasteiger partial charge in [-0.25, -0.2) is 0 Å². The van der Waals surface area contributed by atoms with Gasteiger partial charge in [0.25, 0.3) is 0 Å². The van der Waals surface area contributed by atoms with Crippen molar-refractivity contribution in [3.63, 3.8) is 0 Å². The normalized spacial score (nSPS) is 20.1. The van der Waals surface area contributed by atoms with Crippen LogP contribution in [0.4, 0.5) is 0 Å². The topological polar surface area (TPSA) is 41.6 Å². The Morgan fingerprint density at radius 2 is 2.19 bits per heavy atom. The van der Waals surface area contributed by atoms with Gasteiger partial charge in [0, 0.05) is 13.1 Å². The summed E-state index contributed by atoms with van der Waals surface area (Å²) in [5, 5.41) is 3.14. The van der Waals surface area contributed by atoms with Gasteiger partial charge in [0.2, 0.25) is 0 Å². The van der Waals surface area contributed by atoms with Crippen LogP contribution in [0.1, 0.15) is 19.8 Å². The van der Waals surface area contributed by atoms with Crippen LogP contribution in [0.3, 0.4) is 0 Å². The van der Waals surface area contributed by atoms with Gasteiger partial charge in [-0.2, -0.15) is 0 Å². The molecule has 0 aromatic heterocycles. The SMILES string of the molecule is C#CCNC1(C(=O)OC)CCN(CC)CC1. The third kappa shape index (κ3) is 2.75. The second-order valence-corrected chi connectivity index (χ2v) is 4.07. The highest BCUT2D eigenvalue weighted by Gasteiger charge is 2.41. The number of hydrogen-bond acceptors (Lipinski definition) is 4. The predicted molar refractivity (Wildman–Crippen MR) is 62.9 cm³/mol. The van der Waals surface area contributed by atoms with Gasteiger partial charge >= 0.3 is 5.97 Å². The number of esters is 1. The molecule has 0 aliphatic carbocycles. The first-order chi connectivity index (χ1) is 7.68. The molecule has 0 spiro atoms. The number of nitrogens with one attached hydrogen (secondary N) is 1. The number of rotatable bonds is 4. The summed E-state index contributed by atoms with van der Waals surface area (Å²) < 4.78 is 4.87. The first kappa shape index (κ1) is 13.0. The van der Waals surface area contributed by atoms with Crippen LogP contribution in [0.15, 0.2) is 0 Å². The molecule has 0 amide bonds. The zero-order valence-electron chi connectivity index (χ0n) is 10.1. The van der Waals surface area contributed by atoms with Gasteiger partial charge in [0.1, 0.15) is 5.54 Å². The largest absolute Gasteiger partial charge is 0.468 e. The number of piperidine rings is 1. The van der Waals surface area contributed by atoms with Gasteiger partial charge < -0.3 is 9.64 Å². The Hall–Kier alpha value is -1.05. The van der Waals surface area contributed by atoms with Gasteiger partial charge in [0.05, 0.1) is 13.7 Å². The molecular weight excluding hydrogens is 204 g/mol. The highest BCUT2D eigenvalue weighted by atomic mass is 16.5. The second-order valence-electron chi connectivity index (χ2n) is 4.07. The van der Waals surface area contributed by atoms with Crippen molar-refractivity contribution in [1.29, 1.82) is 0 Å². The molecule has 1 aliphatic heterocycles. The van der Waals surface area contributed by atoms with Crippen molar-refractivity contribution in [2.24, 2.45) is 0 Å². The van der Waals surface area contributed by atoms with Crippen LogP contribution in [-0.2, 0) is 9.53 Å². The molecule has 0 unspecified atom stereocenters. The molecule has 1 saturated heterocycles. The molecule has 1 heterocycles. The van der Waals surface area contributed by atoms with Gasteiger partial charge in [-0.3, -0.25) is 10.1 Å². The zero-order valence-corrected chi connectivity index (χ0v) is 10.1. The number of hydrogen-bond donors (Lipinski definition) is 1. The summed E-state index contributed by atoms with van der Waals surface area (Å²) in [5.41, 5.74) is -0.577. The maximum atomic E-state index is 11.8. The predicted octanol–water partition coefficient (Wildman–Crippen LogP) is 0.237. The van der Waals surface area contributed by atoms with Crippen molar-refractivity contribution < 1.29 is 9.53 Å². The summed E-state index contributed by atoms with van der Waals surface area (Å²) in [6, 6.07) is 0. The van der Waals surface area contributed by atoms with E-state index in [4.69, 9.17) is 11.2 Å². The molecule has 4 nitrogen and oxygen atoms in total. The molecule has 0 bridgehead atoms. The fourth-order valence-corrected chi connectivity index (χ4v) is 2.12. The summed E-state index contributed by atoms with van der Waals surface area (Å²) in [6.07, 6.45) is 6.74. The van der Waals surface area contributed by atoms with E-state index in [2.05, 4.69) is 23.1 Å². The van der Waals surface area contributed by atoms with Crippen molar-refractivity contribution in [2.75, 3.05) is 33.3 Å². The number of nitrogens with zero attached hydrogens (tertiary/aromatic N) is 1. The molecule has 1 N–H and O–H groups in total. The van der Waals surface area contributed by atoms with Crippen LogP contribution in [0.5, 0.6) is 0 Å². The lowest BCUT2D eigenvalue weighted by Gasteiger charge is -2.39. The Bertz CT molecular complexity index is 275. The monoisotopic (exact) mass is 224 g/mol. The lowest BCUT2D eigenvalue weighted by atomic mass is 9.87. The van der Waals surface area contributed by atoms with E-state index in [-0.39, 0.29) is 5.97 Å². The molecule has 1 rings (SSSR count). The lowest BCUT2D eigenvalue weighted by Crippen LogP contribution is -2.58. The van der Waals surface area contributed by atoms with Crippen LogP contribution < -0.4 is 5.32 Å². The first-order valence-corrected chi connectivity index (χ1v) is 5.68. The summed E-state index contributed by atoms with van der Waals surface area (Å²) >= 11 is 0. The molecule has 0 radical (unpaired) electrons. The fourth-order valence-electron chi connectivity index (χ4n) is 2.12. The molecule has 4 heteroatoms. The van der Waals surface area contributed by atoms with Crippen LogP contribution >= 0.6 is 0 Å². The number of methoxy groups -OCH3 is 1. The van der Waals surface area contributed by atoms with Gasteiger partial charge in [-0.1, -0.05) is 12.8 Å². The molecule has 1 fully saturated rings. The van der Waals surface area contributed by atoms with Crippen molar-refractivity contribution in [3.8, 4) is 12.3 Å². The van der Waals surface area contributed by atoms with E-state index in [9.17, 15) is 4.79 Å². The first-order valence-electron chi connectivity index (χ1n) is 5.68. The van der Waals surface area contributed by atoms with Gasteiger partial charge in [0.15, 0.2) is 0 Å². The van der Waals surface area contributed by atoms with E-state index >= 15 is 0 Å². The number of carbonyl (C=O) groups is 1. The highest BCUT2D eigenvalue weighted by molar-refractivity contribution is 5.81. The van der Waals surface area contributed by atoms with Crippen molar-refractivity contribution in [1.82, 2.24) is 10.2 Å². The highest BCUT2D eigenvalue weighted by Crippen LogP contribution is 2.23. The van der Waals surface area contributed by atoms with Gasteiger partial charge in [-0.15, -0.1) is 6.42 Å². The molecule has 1 aliphatic rings. The van der Waals surface area contributed by atoms with E-state index in [0.717, 1.165) is 32.5 Å². The Morgan fingerprint density at radius 1 is 1.56 bits per heavy atom. The summed E-state index contributed by atoms with van der Waals surface area (Å²) in [4.78, 5) is 14.1. The van der Waals surface area contributed by atoms with Crippen LogP contribution in [-0.4, -0.2) is 49.7 Å². The van der Waals surface area contributed by atoms with Crippen molar-refractivity contribution in [2.45, 2.75) is 25.3 Å². The van der Waals surface area contributed by atoms with Crippen LogP contribution in [0.25, 0.3) is 0 Å². The zero-order chi connectivity index (χ0) is 12.0. The summed E-state index contributed by atoms with van der Waals surface area (Å²) in [7, 11) is 1.42. The molecular formula is C12H20N2O2. The number of terminal acetylenes is 1. The minimum Gasteiger partial charge on any atom is -0.468 e. The van der Waals surface area contributed by atoms with E-state index < -0.39 is 5.54 Å². The Morgan fingerprint density at radius 3 is 2.62 bits per heavy atom. The maximum absolute atomic E-state index is 11.8. The van der Waals surface area contributed by atoms with Crippen LogP contribution in [0, 0.1) is 12.3 Å². The summed E-state index contributed by atoms with van der Waals surface area (Å²) in [5.74, 6) is 2.32. The lowest BCUT2D eigenvalue weighted by molar-refractivity contribution is -0.150. The smallest absolute Gasteiger partial charge is 0.326 e. The molecule has 90 valence electrons. The average Bonchev–Trinajstić information content (AvgIpc) is 2.36. The number of ether oxygens (including phenoxy) is 1. The molecule has 0 aromatic rings. The minimum absolute atomic E-state index is 0.196. The van der Waals surface area contributed by atoms with Gasteiger partial charge in [-0.05, 0) is 19.4 Å². The van der Waals surface area contributed by atoms with E-state index in [0.29, 0.717) is 6.54 Å². The number of carbonyl (C=O) groups excluding carboxylic acids is 1. The van der Waals surface area contributed by atoms with E-state index in [1.807, 2.05) is 0 Å². The minimum atomic E-state index is -0.577. The van der Waals surface area contributed by atoms with Crippen LogP contribution in [0.2, 0.25) is 0 Å². The summed E-state index contributed by atoms with van der Waals surface area (Å²) in [6.45, 7) is 5.36. The standard InChI is InChI=1S/C12H20N2O2/c1-4-8-13-12(11(15)16-3)6-9-14(5-2)10-7-12/h1,13H,5-10H2,2-3H3.